The molecule has 0 saturated carbocycles. The number of carbonyl (C=O) groups is 1. The number of halogens is 4. The summed E-state index contributed by atoms with van der Waals surface area (Å²) in [5, 5.41) is -1.27. The number of amidine groups is 1. The van der Waals surface area contributed by atoms with Crippen molar-refractivity contribution in [1.82, 2.24) is 0 Å². The van der Waals surface area contributed by atoms with Crippen molar-refractivity contribution >= 4 is 73.8 Å². The molecule has 0 unspecified atom stereocenters. The number of Topliss-reactive ketones (excluding diaryl/α,β-unsaturated/α-hetero) is 1. The van der Waals surface area contributed by atoms with Crippen molar-refractivity contribution in [2.24, 2.45) is 9.39 Å². The van der Waals surface area contributed by atoms with E-state index >= 15 is 0 Å². The molecule has 0 spiro atoms. The van der Waals surface area contributed by atoms with E-state index in [0.29, 0.717) is 5.56 Å². The molecule has 1 aliphatic carbocycles. The van der Waals surface area contributed by atoms with Gasteiger partial charge in [0, 0.05) is 5.56 Å². The molecule has 10 heteroatoms. The predicted molar refractivity (Wildman–Crippen MR) is 121 cm³/mol. The summed E-state index contributed by atoms with van der Waals surface area (Å²) < 4.78 is 29.6. The average molecular weight is 502 g/mol. The molecule has 0 heterocycles. The maximum atomic E-state index is 12.9. The minimum Gasteiger partial charge on any atom is -0.286 e. The van der Waals surface area contributed by atoms with Gasteiger partial charge in [-0.3, -0.25) is 4.79 Å². The summed E-state index contributed by atoms with van der Waals surface area (Å²) in [6.07, 6.45) is 0. The van der Waals surface area contributed by atoms with Gasteiger partial charge in [-0.25, -0.2) is 4.99 Å². The van der Waals surface area contributed by atoms with E-state index < -0.39 is 15.8 Å². The molecule has 154 valence electrons. The topological polar surface area (TPSA) is 75.9 Å². The third-order valence-electron chi connectivity index (χ3n) is 3.98. The molecule has 2 aromatic rings. The Balaban J connectivity index is 2.23. The van der Waals surface area contributed by atoms with Gasteiger partial charge < -0.3 is 0 Å². The highest BCUT2D eigenvalue weighted by Crippen LogP contribution is 2.34. The molecule has 0 aromatic heterocycles. The zero-order chi connectivity index (χ0) is 22.1. The first-order chi connectivity index (χ1) is 14.1. The summed E-state index contributed by atoms with van der Waals surface area (Å²) in [5.74, 6) is -0.955. The molecular weight excluding hydrogens is 490 g/mol. The summed E-state index contributed by atoms with van der Waals surface area (Å²) in [4.78, 5) is 16.2. The van der Waals surface area contributed by atoms with Gasteiger partial charge in [-0.05, 0) is 19.1 Å². The number of hydrogen-bond acceptors (Lipinski definition) is 3. The molecular formula is C20H12Cl4N2O3S. The normalized spacial score (nSPS) is 15.7. The van der Waals surface area contributed by atoms with Crippen molar-refractivity contribution in [2.45, 2.75) is 11.8 Å². The van der Waals surface area contributed by atoms with E-state index in [1.165, 1.54) is 12.1 Å². The monoisotopic (exact) mass is 500 g/mol. The van der Waals surface area contributed by atoms with Crippen molar-refractivity contribution in [3.63, 3.8) is 0 Å². The molecule has 0 aliphatic heterocycles. The highest BCUT2D eigenvalue weighted by Gasteiger charge is 2.30. The number of aryl methyl sites for hydroxylation is 1. The fourth-order valence-electron chi connectivity index (χ4n) is 2.41. The van der Waals surface area contributed by atoms with Crippen LogP contribution in [0.5, 0.6) is 0 Å². The summed E-state index contributed by atoms with van der Waals surface area (Å²) >= 11 is 24.1. The van der Waals surface area contributed by atoms with Crippen LogP contribution < -0.4 is 0 Å². The molecule has 0 fully saturated rings. The van der Waals surface area contributed by atoms with Crippen LogP contribution in [-0.2, 0) is 14.8 Å². The molecule has 2 aromatic carbocycles. The van der Waals surface area contributed by atoms with E-state index in [0.717, 1.165) is 5.56 Å². The standard InChI is InChI=1S/C20H12Cl4N2O3S/c1-11-7-9-13(10-8-11)30(28,29)26-20(12-5-3-2-4-6-12)25-18-14(21)16(23)19(27)17(24)15(18)22/h2-10H,1H3. The second kappa shape index (κ2) is 9.04. The van der Waals surface area contributed by atoms with Crippen molar-refractivity contribution < 1.29 is 13.2 Å². The zero-order valence-corrected chi connectivity index (χ0v) is 19.1. The van der Waals surface area contributed by atoms with E-state index in [9.17, 15) is 13.2 Å². The molecule has 1 aliphatic rings. The van der Waals surface area contributed by atoms with E-state index in [2.05, 4.69) is 9.39 Å². The lowest BCUT2D eigenvalue weighted by Crippen LogP contribution is -2.17. The van der Waals surface area contributed by atoms with Crippen LogP contribution in [0.15, 0.2) is 89.0 Å². The molecule has 30 heavy (non-hydrogen) atoms. The predicted octanol–water partition coefficient (Wildman–Crippen LogP) is 5.53. The highest BCUT2D eigenvalue weighted by atomic mass is 35.5. The molecule has 0 N–H and O–H groups in total. The molecule has 0 radical (unpaired) electrons. The van der Waals surface area contributed by atoms with Gasteiger partial charge in [0.1, 0.15) is 15.8 Å². The maximum absolute atomic E-state index is 12.9. The van der Waals surface area contributed by atoms with Crippen LogP contribution in [0, 0.1) is 6.92 Å². The number of ketones is 1. The fourth-order valence-corrected chi connectivity index (χ4v) is 4.27. The van der Waals surface area contributed by atoms with Crippen molar-refractivity contribution in [3.05, 3.63) is 85.9 Å². The van der Waals surface area contributed by atoms with Crippen molar-refractivity contribution in [2.75, 3.05) is 0 Å². The van der Waals surface area contributed by atoms with Crippen LogP contribution >= 0.6 is 46.4 Å². The number of aliphatic imine (C=N–C) groups is 1. The molecule has 5 nitrogen and oxygen atoms in total. The van der Waals surface area contributed by atoms with Crippen molar-refractivity contribution in [1.29, 1.82) is 0 Å². The Labute approximate surface area is 193 Å². The van der Waals surface area contributed by atoms with Gasteiger partial charge in [-0.15, -0.1) is 4.40 Å². The van der Waals surface area contributed by atoms with Gasteiger partial charge in [0.15, 0.2) is 5.84 Å². The van der Waals surface area contributed by atoms with Gasteiger partial charge >= 0.3 is 0 Å². The average Bonchev–Trinajstić information content (AvgIpc) is 2.74. The summed E-state index contributed by atoms with van der Waals surface area (Å²) in [7, 11) is -4.12. The zero-order valence-electron chi connectivity index (χ0n) is 15.2. The Bertz CT molecular complexity index is 1220. The van der Waals surface area contributed by atoms with E-state index in [1.807, 2.05) is 6.92 Å². The van der Waals surface area contributed by atoms with E-state index in [1.54, 1.807) is 42.5 Å². The highest BCUT2D eigenvalue weighted by molar-refractivity contribution is 7.90. The summed E-state index contributed by atoms with van der Waals surface area (Å²) in [6.45, 7) is 1.83. The molecule has 0 bridgehead atoms. The quantitative estimate of drug-likeness (QED) is 0.315. The lowest BCUT2D eigenvalue weighted by molar-refractivity contribution is -0.111. The van der Waals surface area contributed by atoms with E-state index in [4.69, 9.17) is 46.4 Å². The minimum absolute atomic E-state index is 0.0140. The fraction of sp³-hybridized carbons (Fsp3) is 0.0500. The van der Waals surface area contributed by atoms with Crippen LogP contribution in [0.4, 0.5) is 0 Å². The Morgan fingerprint density at radius 3 is 1.87 bits per heavy atom. The lowest BCUT2D eigenvalue weighted by atomic mass is 10.1. The number of rotatable bonds is 3. The first-order valence-electron chi connectivity index (χ1n) is 8.33. The Hall–Kier alpha value is -1.96. The van der Waals surface area contributed by atoms with Gasteiger partial charge in [0.25, 0.3) is 10.0 Å². The number of nitrogens with zero attached hydrogens (tertiary/aromatic N) is 2. The second-order valence-electron chi connectivity index (χ2n) is 6.11. The Morgan fingerprint density at radius 2 is 1.33 bits per heavy atom. The third-order valence-corrected chi connectivity index (χ3v) is 6.91. The largest absolute Gasteiger partial charge is 0.286 e. The maximum Gasteiger partial charge on any atom is 0.284 e. The molecule has 0 atom stereocenters. The van der Waals surface area contributed by atoms with Gasteiger partial charge in [0.05, 0.1) is 15.0 Å². The van der Waals surface area contributed by atoms with Crippen LogP contribution in [0.1, 0.15) is 11.1 Å². The molecule has 0 amide bonds. The van der Waals surface area contributed by atoms with Crippen LogP contribution in [0.3, 0.4) is 0 Å². The summed E-state index contributed by atoms with van der Waals surface area (Å²) in [6, 6.07) is 14.5. The Morgan fingerprint density at radius 1 is 0.800 bits per heavy atom. The molecule has 3 rings (SSSR count). The van der Waals surface area contributed by atoms with Gasteiger partial charge in [0.2, 0.25) is 5.78 Å². The molecule has 0 saturated heterocycles. The number of sulfonamides is 1. The number of allylic oxidation sites excluding steroid dienone is 4. The third kappa shape index (κ3) is 4.68. The first kappa shape index (κ1) is 22.7. The number of benzene rings is 2. The SMILES string of the molecule is Cc1ccc(S(=O)(=O)N=C(N=C2C(Cl)=C(Cl)C(=O)C(Cl)=C2Cl)c2ccccc2)cc1. The Kier molecular flexibility index (Phi) is 6.84. The van der Waals surface area contributed by atoms with Crippen LogP contribution in [0.2, 0.25) is 0 Å². The first-order valence-corrected chi connectivity index (χ1v) is 11.3. The lowest BCUT2D eigenvalue weighted by Gasteiger charge is -2.14. The van der Waals surface area contributed by atoms with Gasteiger partial charge in [-0.2, -0.15) is 8.42 Å². The number of hydrogen-bond donors (Lipinski definition) is 0. The summed E-state index contributed by atoms with van der Waals surface area (Å²) in [5.41, 5.74) is 1.11. The second-order valence-corrected chi connectivity index (χ2v) is 9.23. The smallest absolute Gasteiger partial charge is 0.284 e. The van der Waals surface area contributed by atoms with Crippen LogP contribution in [0.25, 0.3) is 0 Å². The van der Waals surface area contributed by atoms with E-state index in [-0.39, 0.29) is 36.6 Å². The van der Waals surface area contributed by atoms with Crippen LogP contribution in [-0.4, -0.2) is 25.7 Å². The number of carbonyl (C=O) groups excluding carboxylic acids is 1. The minimum atomic E-state index is -4.12. The van der Waals surface area contributed by atoms with Crippen molar-refractivity contribution in [3.8, 4) is 0 Å². The van der Waals surface area contributed by atoms with Gasteiger partial charge in [-0.1, -0.05) is 94.4 Å².